The lowest BCUT2D eigenvalue weighted by Gasteiger charge is -2.29. The van der Waals surface area contributed by atoms with Gasteiger partial charge >= 0.3 is 6.09 Å². The summed E-state index contributed by atoms with van der Waals surface area (Å²) in [6.45, 7) is 0.449. The number of fused-ring (bicyclic) bond motifs is 1. The van der Waals surface area contributed by atoms with E-state index in [1.54, 1.807) is 36.4 Å². The molecule has 0 aliphatic carbocycles. The zero-order chi connectivity index (χ0) is 40.9. The molecule has 4 aromatic carbocycles. The number of hydrogen-bond donors (Lipinski definition) is 4. The summed E-state index contributed by atoms with van der Waals surface area (Å²) in [4.78, 5) is 66.0. The quantitative estimate of drug-likeness (QED) is 0.0389. The van der Waals surface area contributed by atoms with Gasteiger partial charge in [0.2, 0.25) is 17.6 Å². The Morgan fingerprint density at radius 2 is 1.50 bits per heavy atom. The number of aliphatic imine (C=N–C) groups is 1. The molecule has 302 valence electrons. The van der Waals surface area contributed by atoms with Gasteiger partial charge in [-0.3, -0.25) is 19.4 Å². The minimum Gasteiger partial charge on any atom is -0.445 e. The van der Waals surface area contributed by atoms with Crippen LogP contribution in [0.15, 0.2) is 119 Å². The number of likely N-dealkylation sites (tertiary alicyclic amines) is 1. The van der Waals surface area contributed by atoms with Gasteiger partial charge in [-0.15, -0.1) is 0 Å². The van der Waals surface area contributed by atoms with E-state index in [9.17, 15) is 19.2 Å². The Hall–Kier alpha value is -6.25. The van der Waals surface area contributed by atoms with E-state index in [0.29, 0.717) is 29.0 Å². The standard InChI is InChI=1S/C43H46ClN7O7/c44-31-20-17-30(18-21-31)26-56-32-24-36(39(53)48-34(15-9-23-47-42(45)46)38(52)40-49-33-14-7-8-16-37(33)58-40)51(25-32)41(54)35(22-19-28-10-3-1-4-11-28)50-43(55)57-27-29-12-5-2-6-13-29/h1-8,10-14,16-18,20-21,32,34-36H,9,15,19,22-27H2,(H,48,53)(H,50,55)(H4,45,46,47)/t32-,34+,35-,36+/m1/s1. The average Bonchev–Trinajstić information content (AvgIpc) is 3.88. The molecule has 6 rings (SSSR count). The highest BCUT2D eigenvalue weighted by molar-refractivity contribution is 6.30. The molecule has 58 heavy (non-hydrogen) atoms. The Morgan fingerprint density at radius 3 is 2.21 bits per heavy atom. The number of alkyl carbamates (subject to hydrolysis) is 1. The summed E-state index contributed by atoms with van der Waals surface area (Å²) >= 11 is 6.09. The number of aryl methyl sites for hydroxylation is 1. The van der Waals surface area contributed by atoms with Crippen LogP contribution in [0, 0.1) is 0 Å². The normalized spacial score (nSPS) is 16.0. The third-order valence-electron chi connectivity index (χ3n) is 9.70. The summed E-state index contributed by atoms with van der Waals surface area (Å²) in [7, 11) is 0. The average molecular weight is 808 g/mol. The van der Waals surface area contributed by atoms with Gasteiger partial charge in [0.15, 0.2) is 11.5 Å². The molecule has 15 heteroatoms. The number of ketones is 1. The third-order valence-corrected chi connectivity index (χ3v) is 9.95. The van der Waals surface area contributed by atoms with E-state index in [0.717, 1.165) is 16.7 Å². The van der Waals surface area contributed by atoms with E-state index >= 15 is 0 Å². The number of aromatic nitrogens is 1. The van der Waals surface area contributed by atoms with Gasteiger partial charge in [-0.05, 0) is 66.6 Å². The molecule has 0 radical (unpaired) electrons. The van der Waals surface area contributed by atoms with Crippen LogP contribution in [0.1, 0.15) is 53.1 Å². The lowest BCUT2D eigenvalue weighted by Crippen LogP contribution is -2.55. The highest BCUT2D eigenvalue weighted by atomic mass is 35.5. The van der Waals surface area contributed by atoms with E-state index in [2.05, 4.69) is 20.6 Å². The van der Waals surface area contributed by atoms with Crippen LogP contribution in [-0.2, 0) is 38.7 Å². The Labute approximate surface area is 340 Å². The second-order valence-electron chi connectivity index (χ2n) is 13.9. The lowest BCUT2D eigenvalue weighted by atomic mass is 10.0. The topological polar surface area (TPSA) is 204 Å². The predicted octanol–water partition coefficient (Wildman–Crippen LogP) is 5.32. The number of oxazole rings is 1. The maximum atomic E-state index is 14.6. The number of amides is 3. The maximum Gasteiger partial charge on any atom is 0.408 e. The van der Waals surface area contributed by atoms with E-state index in [-0.39, 0.29) is 57.4 Å². The van der Waals surface area contributed by atoms with Crippen LogP contribution in [0.2, 0.25) is 5.02 Å². The summed E-state index contributed by atoms with van der Waals surface area (Å²) < 4.78 is 17.5. The zero-order valence-electron chi connectivity index (χ0n) is 31.8. The molecule has 1 saturated heterocycles. The highest BCUT2D eigenvalue weighted by Gasteiger charge is 2.43. The van der Waals surface area contributed by atoms with E-state index < -0.39 is 47.9 Å². The fourth-order valence-corrected chi connectivity index (χ4v) is 6.82. The van der Waals surface area contributed by atoms with Crippen LogP contribution < -0.4 is 22.1 Å². The summed E-state index contributed by atoms with van der Waals surface area (Å²) in [5.41, 5.74) is 14.5. The molecule has 1 aromatic heterocycles. The van der Waals surface area contributed by atoms with E-state index in [4.69, 9.17) is 37.0 Å². The molecule has 0 bridgehead atoms. The molecule has 0 unspecified atom stereocenters. The fraction of sp³-hybridized carbons (Fsp3) is 0.302. The monoisotopic (exact) mass is 807 g/mol. The number of carbonyl (C=O) groups excluding carboxylic acids is 4. The van der Waals surface area contributed by atoms with Gasteiger partial charge in [-0.25, -0.2) is 9.78 Å². The minimum absolute atomic E-state index is 0.000312. The van der Waals surface area contributed by atoms with Crippen molar-refractivity contribution in [3.05, 3.63) is 137 Å². The maximum absolute atomic E-state index is 14.6. The van der Waals surface area contributed by atoms with E-state index in [1.165, 1.54) is 4.90 Å². The first kappa shape index (κ1) is 41.4. The van der Waals surface area contributed by atoms with Gasteiger partial charge in [-0.1, -0.05) is 96.5 Å². The van der Waals surface area contributed by atoms with Gasteiger partial charge < -0.3 is 40.9 Å². The number of guanidine groups is 1. The third kappa shape index (κ3) is 11.6. The number of para-hydroxylation sites is 2. The smallest absolute Gasteiger partial charge is 0.408 e. The fourth-order valence-electron chi connectivity index (χ4n) is 6.69. The number of benzene rings is 4. The molecule has 5 aromatic rings. The number of ether oxygens (including phenoxy) is 2. The summed E-state index contributed by atoms with van der Waals surface area (Å²) in [5, 5.41) is 6.22. The van der Waals surface area contributed by atoms with Gasteiger partial charge in [0.1, 0.15) is 24.2 Å². The van der Waals surface area contributed by atoms with Crippen LogP contribution in [0.4, 0.5) is 4.79 Å². The van der Waals surface area contributed by atoms with Crippen LogP contribution >= 0.6 is 11.6 Å². The molecule has 4 atom stereocenters. The number of nitrogens with zero attached hydrogens (tertiary/aromatic N) is 3. The van der Waals surface area contributed by atoms with Crippen molar-refractivity contribution in [2.45, 2.75) is 69.5 Å². The summed E-state index contributed by atoms with van der Waals surface area (Å²) in [6, 6.07) is 29.6. The molecule has 1 aliphatic rings. The number of rotatable bonds is 18. The first-order chi connectivity index (χ1) is 28.1. The van der Waals surface area contributed by atoms with Crippen LogP contribution in [0.3, 0.4) is 0 Å². The first-order valence-electron chi connectivity index (χ1n) is 19.1. The Balaban J connectivity index is 1.24. The second kappa shape index (κ2) is 20.3. The van der Waals surface area contributed by atoms with Crippen molar-refractivity contribution in [1.29, 1.82) is 0 Å². The van der Waals surface area contributed by atoms with Gasteiger partial charge in [0.25, 0.3) is 5.89 Å². The summed E-state index contributed by atoms with van der Waals surface area (Å²) in [6.07, 6.45) is -0.0779. The van der Waals surface area contributed by atoms with Crippen molar-refractivity contribution in [1.82, 2.24) is 20.5 Å². The lowest BCUT2D eigenvalue weighted by molar-refractivity contribution is -0.140. The van der Waals surface area contributed by atoms with Crippen LogP contribution in [-0.4, -0.2) is 76.9 Å². The molecule has 2 heterocycles. The molecule has 3 amide bonds. The van der Waals surface area contributed by atoms with E-state index in [1.807, 2.05) is 72.8 Å². The van der Waals surface area contributed by atoms with Crippen molar-refractivity contribution in [2.24, 2.45) is 16.5 Å². The van der Waals surface area contributed by atoms with Crippen molar-refractivity contribution in [3.8, 4) is 0 Å². The van der Waals surface area contributed by atoms with Gasteiger partial charge in [-0.2, -0.15) is 0 Å². The van der Waals surface area contributed by atoms with Crippen molar-refractivity contribution >= 4 is 52.4 Å². The SMILES string of the molecule is NC(N)=NCCC[C@H](NC(=O)[C@@H]1C[C@@H](OCc2ccc(Cl)cc2)CN1C(=O)[C@@H](CCc1ccccc1)NC(=O)OCc1ccccc1)C(=O)c1nc2ccccc2o1. The molecule has 14 nitrogen and oxygen atoms in total. The molecule has 1 aliphatic heterocycles. The first-order valence-corrected chi connectivity index (χ1v) is 19.4. The Bertz CT molecular complexity index is 2150. The van der Waals surface area contributed by atoms with Gasteiger partial charge in [0.05, 0.1) is 18.8 Å². The van der Waals surface area contributed by atoms with Crippen LogP contribution in [0.5, 0.6) is 0 Å². The van der Waals surface area contributed by atoms with Crippen molar-refractivity contribution in [3.63, 3.8) is 0 Å². The highest BCUT2D eigenvalue weighted by Crippen LogP contribution is 2.25. The van der Waals surface area contributed by atoms with Crippen molar-refractivity contribution in [2.75, 3.05) is 13.1 Å². The number of carbonyl (C=O) groups is 4. The molecule has 1 fully saturated rings. The molecule has 0 saturated carbocycles. The number of halogens is 1. The van der Waals surface area contributed by atoms with Gasteiger partial charge in [0, 0.05) is 24.5 Å². The number of nitrogens with one attached hydrogen (secondary N) is 2. The minimum atomic E-state index is -1.10. The molecule has 6 N–H and O–H groups in total. The predicted molar refractivity (Wildman–Crippen MR) is 219 cm³/mol. The number of hydrogen-bond acceptors (Lipinski definition) is 9. The number of nitrogens with two attached hydrogens (primary N) is 2. The summed E-state index contributed by atoms with van der Waals surface area (Å²) in [5.74, 6) is -1.91. The second-order valence-corrected chi connectivity index (χ2v) is 14.4. The molecular formula is C43H46ClN7O7. The van der Waals surface area contributed by atoms with Crippen LogP contribution in [0.25, 0.3) is 11.1 Å². The van der Waals surface area contributed by atoms with Crippen molar-refractivity contribution < 1.29 is 33.1 Å². The molecular weight excluding hydrogens is 762 g/mol. The Kier molecular flexibility index (Phi) is 14.5. The Morgan fingerprint density at radius 1 is 0.828 bits per heavy atom. The zero-order valence-corrected chi connectivity index (χ0v) is 32.6. The molecule has 0 spiro atoms. The largest absolute Gasteiger partial charge is 0.445 e. The number of Topliss-reactive ketones (excluding diaryl/α,β-unsaturated/α-hetero) is 1.